The maximum atomic E-state index is 11.4. The van der Waals surface area contributed by atoms with Crippen molar-refractivity contribution in [3.05, 3.63) is 42.0 Å². The summed E-state index contributed by atoms with van der Waals surface area (Å²) in [6, 6.07) is 11.4. The van der Waals surface area contributed by atoms with E-state index in [0.717, 1.165) is 10.8 Å². The summed E-state index contributed by atoms with van der Waals surface area (Å²) in [7, 11) is 0. The van der Waals surface area contributed by atoms with Gasteiger partial charge < -0.3 is 15.7 Å². The van der Waals surface area contributed by atoms with E-state index in [4.69, 9.17) is 15.7 Å². The molecule has 0 aromatic heterocycles. The van der Waals surface area contributed by atoms with E-state index in [-0.39, 0.29) is 0 Å². The molecule has 1 amide bonds. The van der Waals surface area contributed by atoms with Crippen LogP contribution in [0.25, 0.3) is 10.8 Å². The summed E-state index contributed by atoms with van der Waals surface area (Å²) in [5, 5.41) is 14.1. The molecule has 1 atom stereocenters. The zero-order valence-corrected chi connectivity index (χ0v) is 12.0. The van der Waals surface area contributed by atoms with Crippen molar-refractivity contribution in [2.45, 2.75) is 26.4 Å². The molecule has 1 unspecified atom stereocenters. The second-order valence-corrected chi connectivity index (χ2v) is 4.77. The quantitative estimate of drug-likeness (QED) is 0.503. The van der Waals surface area contributed by atoms with Crippen LogP contribution in [0.2, 0.25) is 0 Å². The van der Waals surface area contributed by atoms with E-state index in [0.29, 0.717) is 23.4 Å². The topological polar surface area (TPSA) is 84.9 Å². The highest BCUT2D eigenvalue weighted by atomic mass is 16.5. The van der Waals surface area contributed by atoms with Gasteiger partial charge in [0.1, 0.15) is 5.75 Å². The molecule has 0 saturated heterocycles. The van der Waals surface area contributed by atoms with Crippen molar-refractivity contribution in [3.63, 3.8) is 0 Å². The number of oxime groups is 1. The molecular weight excluding hydrogens is 268 g/mol. The molecule has 0 aliphatic heterocycles. The standard InChI is InChI=1S/C16H18N2O3/c1-3-14(16(17)19)21-15-12(10(2)18-20)9-8-11-6-4-5-7-13(11)15/h4-9,14,20H,3H2,1-2H3,(H2,17,19). The average Bonchev–Trinajstić information content (AvgIpc) is 2.51. The van der Waals surface area contributed by atoms with Crippen LogP contribution < -0.4 is 10.5 Å². The van der Waals surface area contributed by atoms with E-state index >= 15 is 0 Å². The van der Waals surface area contributed by atoms with Crippen molar-refractivity contribution in [1.29, 1.82) is 0 Å². The summed E-state index contributed by atoms with van der Waals surface area (Å²) in [6.45, 7) is 3.50. The smallest absolute Gasteiger partial charge is 0.258 e. The fourth-order valence-electron chi connectivity index (χ4n) is 2.19. The van der Waals surface area contributed by atoms with Gasteiger partial charge in [0.2, 0.25) is 0 Å². The Hall–Kier alpha value is -2.56. The van der Waals surface area contributed by atoms with Crippen LogP contribution in [0.15, 0.2) is 41.6 Å². The van der Waals surface area contributed by atoms with Gasteiger partial charge in [-0.2, -0.15) is 0 Å². The number of carbonyl (C=O) groups is 1. The first-order valence-corrected chi connectivity index (χ1v) is 6.75. The van der Waals surface area contributed by atoms with Gasteiger partial charge >= 0.3 is 0 Å². The van der Waals surface area contributed by atoms with Crippen LogP contribution in [0.4, 0.5) is 0 Å². The second-order valence-electron chi connectivity index (χ2n) is 4.77. The molecule has 0 spiro atoms. The molecule has 0 aliphatic carbocycles. The molecule has 2 aromatic carbocycles. The predicted molar refractivity (Wildman–Crippen MR) is 81.8 cm³/mol. The summed E-state index contributed by atoms with van der Waals surface area (Å²) in [5.74, 6) is -0.0102. The van der Waals surface area contributed by atoms with Gasteiger partial charge in [0.15, 0.2) is 6.10 Å². The molecule has 110 valence electrons. The van der Waals surface area contributed by atoms with E-state index in [1.54, 1.807) is 13.0 Å². The normalized spacial score (nSPS) is 13.1. The van der Waals surface area contributed by atoms with E-state index in [1.165, 1.54) is 0 Å². The zero-order valence-electron chi connectivity index (χ0n) is 12.0. The number of rotatable bonds is 5. The van der Waals surface area contributed by atoms with Gasteiger partial charge in [0, 0.05) is 10.9 Å². The number of primary amides is 1. The number of ether oxygens (including phenoxy) is 1. The highest BCUT2D eigenvalue weighted by Gasteiger charge is 2.19. The molecule has 2 rings (SSSR count). The monoisotopic (exact) mass is 286 g/mol. The van der Waals surface area contributed by atoms with Crippen molar-refractivity contribution in [1.82, 2.24) is 0 Å². The molecule has 2 aromatic rings. The van der Waals surface area contributed by atoms with Gasteiger partial charge in [0.05, 0.1) is 5.71 Å². The van der Waals surface area contributed by atoms with Crippen LogP contribution in [0, 0.1) is 0 Å². The van der Waals surface area contributed by atoms with Crippen molar-refractivity contribution >= 4 is 22.4 Å². The van der Waals surface area contributed by atoms with Crippen LogP contribution in [-0.4, -0.2) is 22.9 Å². The minimum atomic E-state index is -0.721. The van der Waals surface area contributed by atoms with Gasteiger partial charge in [-0.05, 0) is 24.8 Å². The van der Waals surface area contributed by atoms with Crippen LogP contribution in [0.3, 0.4) is 0 Å². The lowest BCUT2D eigenvalue weighted by atomic mass is 10.0. The Bertz CT molecular complexity index is 695. The number of nitrogens with two attached hydrogens (primary N) is 1. The molecule has 0 bridgehead atoms. The van der Waals surface area contributed by atoms with Crippen LogP contribution in [0.5, 0.6) is 5.75 Å². The number of fused-ring (bicyclic) bond motifs is 1. The van der Waals surface area contributed by atoms with Crippen molar-refractivity contribution in [2.75, 3.05) is 0 Å². The Balaban J connectivity index is 2.63. The minimum Gasteiger partial charge on any atom is -0.479 e. The molecule has 5 nitrogen and oxygen atoms in total. The Morgan fingerprint density at radius 3 is 2.67 bits per heavy atom. The van der Waals surface area contributed by atoms with Gasteiger partial charge in [0.25, 0.3) is 5.91 Å². The molecule has 0 aliphatic rings. The molecular formula is C16H18N2O3. The second kappa shape index (κ2) is 6.26. The number of nitrogens with zero attached hydrogens (tertiary/aromatic N) is 1. The van der Waals surface area contributed by atoms with Crippen molar-refractivity contribution in [2.24, 2.45) is 10.9 Å². The number of hydrogen-bond acceptors (Lipinski definition) is 4. The predicted octanol–water partition coefficient (Wildman–Crippen LogP) is 2.68. The molecule has 0 heterocycles. The summed E-state index contributed by atoms with van der Waals surface area (Å²) in [4.78, 5) is 11.4. The van der Waals surface area contributed by atoms with Crippen molar-refractivity contribution < 1.29 is 14.7 Å². The maximum absolute atomic E-state index is 11.4. The zero-order chi connectivity index (χ0) is 15.4. The molecule has 21 heavy (non-hydrogen) atoms. The van der Waals surface area contributed by atoms with Crippen LogP contribution in [-0.2, 0) is 4.79 Å². The largest absolute Gasteiger partial charge is 0.479 e. The lowest BCUT2D eigenvalue weighted by Crippen LogP contribution is -2.33. The Kier molecular flexibility index (Phi) is 4.42. The summed E-state index contributed by atoms with van der Waals surface area (Å²) >= 11 is 0. The Morgan fingerprint density at radius 1 is 1.33 bits per heavy atom. The fourth-order valence-corrected chi connectivity index (χ4v) is 2.19. The highest BCUT2D eigenvalue weighted by Crippen LogP contribution is 2.31. The van der Waals surface area contributed by atoms with Crippen molar-refractivity contribution in [3.8, 4) is 5.75 Å². The molecule has 3 N–H and O–H groups in total. The number of hydrogen-bond donors (Lipinski definition) is 2. The maximum Gasteiger partial charge on any atom is 0.258 e. The number of carbonyl (C=O) groups excluding carboxylic acids is 1. The van der Waals surface area contributed by atoms with Gasteiger partial charge in [-0.25, -0.2) is 0 Å². The third-order valence-electron chi connectivity index (χ3n) is 3.37. The SMILES string of the molecule is CCC(Oc1c(C(C)=NO)ccc2ccccc12)C(N)=O. The summed E-state index contributed by atoms with van der Waals surface area (Å²) in [6.07, 6.45) is -0.256. The Morgan fingerprint density at radius 2 is 2.05 bits per heavy atom. The molecule has 0 saturated carbocycles. The van der Waals surface area contributed by atoms with E-state index in [1.807, 2.05) is 37.3 Å². The minimum absolute atomic E-state index is 0.412. The highest BCUT2D eigenvalue weighted by molar-refractivity contribution is 6.06. The first-order valence-electron chi connectivity index (χ1n) is 6.75. The van der Waals surface area contributed by atoms with Gasteiger partial charge in [-0.1, -0.05) is 42.4 Å². The number of amides is 1. The van der Waals surface area contributed by atoms with E-state index < -0.39 is 12.0 Å². The van der Waals surface area contributed by atoms with Gasteiger partial charge in [-0.3, -0.25) is 4.79 Å². The lowest BCUT2D eigenvalue weighted by molar-refractivity contribution is -0.124. The fraction of sp³-hybridized carbons (Fsp3) is 0.250. The third kappa shape index (κ3) is 2.97. The Labute approximate surface area is 123 Å². The van der Waals surface area contributed by atoms with Gasteiger partial charge in [-0.15, -0.1) is 0 Å². The first-order chi connectivity index (χ1) is 10.1. The van der Waals surface area contributed by atoms with Crippen LogP contribution >= 0.6 is 0 Å². The average molecular weight is 286 g/mol. The first kappa shape index (κ1) is 14.8. The molecule has 5 heteroatoms. The number of benzene rings is 2. The summed E-state index contributed by atoms with van der Waals surface area (Å²) in [5.41, 5.74) is 6.40. The third-order valence-corrected chi connectivity index (χ3v) is 3.37. The van der Waals surface area contributed by atoms with E-state index in [2.05, 4.69) is 5.16 Å². The summed E-state index contributed by atoms with van der Waals surface area (Å²) < 4.78 is 5.83. The lowest BCUT2D eigenvalue weighted by Gasteiger charge is -2.19. The van der Waals surface area contributed by atoms with Crippen LogP contribution in [0.1, 0.15) is 25.8 Å². The van der Waals surface area contributed by atoms with E-state index in [9.17, 15) is 4.79 Å². The molecule has 0 fully saturated rings. The molecule has 0 radical (unpaired) electrons.